The Kier molecular flexibility index (Phi) is 5.58. The summed E-state index contributed by atoms with van der Waals surface area (Å²) in [5.74, 6) is 0.437. The van der Waals surface area contributed by atoms with Gasteiger partial charge >= 0.3 is 0 Å². The number of nitrogens with one attached hydrogen (secondary N) is 1. The van der Waals surface area contributed by atoms with Crippen molar-refractivity contribution in [3.05, 3.63) is 65.8 Å². The highest BCUT2D eigenvalue weighted by Gasteiger charge is 2.13. The summed E-state index contributed by atoms with van der Waals surface area (Å²) in [6.45, 7) is 2.59. The lowest BCUT2D eigenvalue weighted by molar-refractivity contribution is -0.120. The van der Waals surface area contributed by atoms with Crippen LogP contribution in [-0.2, 0) is 17.8 Å². The zero-order valence-corrected chi connectivity index (χ0v) is 14.2. The molecule has 0 unspecified atom stereocenters. The molecule has 2 aromatic carbocycles. The van der Waals surface area contributed by atoms with Crippen molar-refractivity contribution in [3.63, 3.8) is 0 Å². The molecule has 7 heteroatoms. The highest BCUT2D eigenvalue weighted by atomic mass is 19.1. The average molecular weight is 355 g/mol. The first kappa shape index (κ1) is 17.6. The molecule has 1 aromatic heterocycles. The maximum atomic E-state index is 13.7. The monoisotopic (exact) mass is 355 g/mol. The fourth-order valence-corrected chi connectivity index (χ4v) is 2.36. The zero-order valence-electron chi connectivity index (χ0n) is 14.2. The number of rotatable bonds is 7. The molecule has 0 fully saturated rings. The number of carbonyl (C=O) groups excluding carboxylic acids is 1. The molecule has 0 aliphatic heterocycles. The molecule has 0 radical (unpaired) electrons. The lowest BCUT2D eigenvalue weighted by Crippen LogP contribution is -2.24. The van der Waals surface area contributed by atoms with Gasteiger partial charge in [0.2, 0.25) is 11.8 Å². The Morgan fingerprint density at radius 3 is 2.65 bits per heavy atom. The minimum Gasteiger partial charge on any atom is -0.494 e. The third-order valence-electron chi connectivity index (χ3n) is 3.61. The summed E-state index contributed by atoms with van der Waals surface area (Å²) in [5.41, 5.74) is 1.09. The summed E-state index contributed by atoms with van der Waals surface area (Å²) < 4.78 is 24.5. The number of hydrogen-bond acceptors (Lipinski definition) is 5. The molecule has 3 rings (SSSR count). The van der Waals surface area contributed by atoms with E-state index in [1.54, 1.807) is 18.2 Å². The molecule has 0 aliphatic carbocycles. The third-order valence-corrected chi connectivity index (χ3v) is 3.61. The number of amides is 1. The van der Waals surface area contributed by atoms with Crippen molar-refractivity contribution in [2.45, 2.75) is 19.9 Å². The molecule has 1 N–H and O–H groups in total. The molecule has 0 bridgehead atoms. The summed E-state index contributed by atoms with van der Waals surface area (Å²) >= 11 is 0. The number of hydrogen-bond donors (Lipinski definition) is 1. The van der Waals surface area contributed by atoms with Crippen LogP contribution in [0.4, 0.5) is 4.39 Å². The summed E-state index contributed by atoms with van der Waals surface area (Å²) in [6.07, 6.45) is 0.223. The van der Waals surface area contributed by atoms with Gasteiger partial charge in [0.25, 0.3) is 5.89 Å². The molecule has 0 spiro atoms. The normalized spacial score (nSPS) is 10.5. The van der Waals surface area contributed by atoms with Crippen molar-refractivity contribution in [2.75, 3.05) is 6.61 Å². The second kappa shape index (κ2) is 8.24. The molecule has 0 saturated carbocycles. The second-order valence-electron chi connectivity index (χ2n) is 5.51. The van der Waals surface area contributed by atoms with Gasteiger partial charge in [0.1, 0.15) is 11.6 Å². The number of aromatic nitrogens is 2. The molecule has 3 aromatic rings. The Balaban J connectivity index is 1.54. The molecule has 0 saturated heterocycles. The smallest absolute Gasteiger partial charge is 0.250 e. The van der Waals surface area contributed by atoms with Crippen LogP contribution in [0.25, 0.3) is 11.5 Å². The molecule has 0 aliphatic rings. The maximum Gasteiger partial charge on any atom is 0.250 e. The van der Waals surface area contributed by atoms with Gasteiger partial charge in [-0.15, -0.1) is 10.2 Å². The molecule has 0 atom stereocenters. The average Bonchev–Trinajstić information content (AvgIpc) is 3.11. The van der Waals surface area contributed by atoms with E-state index >= 15 is 0 Å². The number of ether oxygens (including phenoxy) is 1. The van der Waals surface area contributed by atoms with Crippen molar-refractivity contribution in [1.82, 2.24) is 15.5 Å². The zero-order chi connectivity index (χ0) is 18.4. The summed E-state index contributed by atoms with van der Waals surface area (Å²) in [6, 6.07) is 13.5. The van der Waals surface area contributed by atoms with Gasteiger partial charge in [0.05, 0.1) is 25.1 Å². The van der Waals surface area contributed by atoms with E-state index in [0.29, 0.717) is 6.61 Å². The lowest BCUT2D eigenvalue weighted by Gasteiger charge is -2.05. The van der Waals surface area contributed by atoms with E-state index in [4.69, 9.17) is 9.15 Å². The molecule has 6 nitrogen and oxygen atoms in total. The topological polar surface area (TPSA) is 77.2 Å². The van der Waals surface area contributed by atoms with Gasteiger partial charge in [-0.05, 0) is 36.8 Å². The quantitative estimate of drug-likeness (QED) is 0.704. The van der Waals surface area contributed by atoms with Gasteiger partial charge in [-0.3, -0.25) is 4.79 Å². The van der Waals surface area contributed by atoms with Crippen LogP contribution in [0.3, 0.4) is 0 Å². The predicted molar refractivity (Wildman–Crippen MR) is 92.9 cm³/mol. The van der Waals surface area contributed by atoms with Crippen molar-refractivity contribution in [1.29, 1.82) is 0 Å². The van der Waals surface area contributed by atoms with Gasteiger partial charge in [0, 0.05) is 0 Å². The Morgan fingerprint density at radius 1 is 1.15 bits per heavy atom. The Labute approximate surface area is 150 Å². The van der Waals surface area contributed by atoms with Gasteiger partial charge in [-0.1, -0.05) is 24.3 Å². The molecule has 1 heterocycles. The molecule has 134 valence electrons. The SMILES string of the molecule is CCOc1ccc(CC(=O)NCc2nnc(-c3ccccc3F)o2)cc1. The first-order valence-corrected chi connectivity index (χ1v) is 8.21. The predicted octanol–water partition coefficient (Wildman–Crippen LogP) is 3.13. The summed E-state index contributed by atoms with van der Waals surface area (Å²) in [5, 5.41) is 10.4. The highest BCUT2D eigenvalue weighted by Crippen LogP contribution is 2.20. The van der Waals surface area contributed by atoms with Crippen LogP contribution >= 0.6 is 0 Å². The van der Waals surface area contributed by atoms with E-state index in [0.717, 1.165) is 11.3 Å². The van der Waals surface area contributed by atoms with Crippen LogP contribution in [0.2, 0.25) is 0 Å². The Hall–Kier alpha value is -3.22. The number of nitrogens with zero attached hydrogens (tertiary/aromatic N) is 2. The Bertz CT molecular complexity index is 878. The van der Waals surface area contributed by atoms with E-state index in [2.05, 4.69) is 15.5 Å². The largest absolute Gasteiger partial charge is 0.494 e. The van der Waals surface area contributed by atoms with Crippen molar-refractivity contribution in [2.24, 2.45) is 0 Å². The summed E-state index contributed by atoms with van der Waals surface area (Å²) in [4.78, 5) is 12.0. The van der Waals surface area contributed by atoms with Gasteiger partial charge in [0.15, 0.2) is 0 Å². The first-order chi connectivity index (χ1) is 12.7. The van der Waals surface area contributed by atoms with E-state index in [1.807, 2.05) is 31.2 Å². The fourth-order valence-electron chi connectivity index (χ4n) is 2.36. The van der Waals surface area contributed by atoms with Crippen molar-refractivity contribution >= 4 is 5.91 Å². The molecule has 1 amide bonds. The van der Waals surface area contributed by atoms with Crippen LogP contribution in [0.15, 0.2) is 52.9 Å². The standard InChI is InChI=1S/C19H18FN3O3/c1-2-25-14-9-7-13(8-10-14)11-17(24)21-12-18-22-23-19(26-18)15-5-3-4-6-16(15)20/h3-10H,2,11-12H2,1H3,(H,21,24). The first-order valence-electron chi connectivity index (χ1n) is 8.21. The van der Waals surface area contributed by atoms with Gasteiger partial charge in [-0.25, -0.2) is 4.39 Å². The minimum absolute atomic E-state index is 0.0807. The molecule has 26 heavy (non-hydrogen) atoms. The van der Waals surface area contributed by atoms with Crippen LogP contribution < -0.4 is 10.1 Å². The van der Waals surface area contributed by atoms with Gasteiger partial charge < -0.3 is 14.5 Å². The number of halogens is 1. The maximum absolute atomic E-state index is 13.7. The van der Waals surface area contributed by atoms with E-state index in [-0.39, 0.29) is 36.2 Å². The van der Waals surface area contributed by atoms with Crippen LogP contribution in [-0.4, -0.2) is 22.7 Å². The van der Waals surface area contributed by atoms with E-state index in [1.165, 1.54) is 6.07 Å². The summed E-state index contributed by atoms with van der Waals surface area (Å²) in [7, 11) is 0. The lowest BCUT2D eigenvalue weighted by atomic mass is 10.1. The third kappa shape index (κ3) is 4.44. The van der Waals surface area contributed by atoms with E-state index in [9.17, 15) is 9.18 Å². The van der Waals surface area contributed by atoms with Crippen LogP contribution in [0, 0.1) is 5.82 Å². The second-order valence-corrected chi connectivity index (χ2v) is 5.51. The van der Waals surface area contributed by atoms with Crippen molar-refractivity contribution < 1.29 is 18.3 Å². The van der Waals surface area contributed by atoms with Crippen LogP contribution in [0.5, 0.6) is 5.75 Å². The van der Waals surface area contributed by atoms with E-state index < -0.39 is 5.82 Å². The Morgan fingerprint density at radius 2 is 1.92 bits per heavy atom. The number of benzene rings is 2. The highest BCUT2D eigenvalue weighted by molar-refractivity contribution is 5.78. The fraction of sp³-hybridized carbons (Fsp3) is 0.211. The van der Waals surface area contributed by atoms with Gasteiger partial charge in [-0.2, -0.15) is 0 Å². The minimum atomic E-state index is -0.442. The number of carbonyl (C=O) groups is 1. The van der Waals surface area contributed by atoms with Crippen LogP contribution in [0.1, 0.15) is 18.4 Å². The molecular weight excluding hydrogens is 337 g/mol. The molecular formula is C19H18FN3O3. The van der Waals surface area contributed by atoms with Crippen molar-refractivity contribution in [3.8, 4) is 17.2 Å².